The Hall–Kier alpha value is -3.34. The van der Waals surface area contributed by atoms with Crippen LogP contribution < -0.4 is 10.6 Å². The molecule has 0 saturated heterocycles. The van der Waals surface area contributed by atoms with Crippen molar-refractivity contribution in [2.24, 2.45) is 0 Å². The van der Waals surface area contributed by atoms with Gasteiger partial charge in [0.25, 0.3) is 0 Å². The van der Waals surface area contributed by atoms with Gasteiger partial charge in [0, 0.05) is 42.8 Å². The van der Waals surface area contributed by atoms with Gasteiger partial charge in [-0.15, -0.1) is 0 Å². The second-order valence-electron chi connectivity index (χ2n) is 10.8. The summed E-state index contributed by atoms with van der Waals surface area (Å²) in [5, 5.41) is 7.52. The third-order valence-electron chi connectivity index (χ3n) is 7.58. The molecule has 2 N–H and O–H groups in total. The smallest absolute Gasteiger partial charge is 0.0471 e. The Balaban J connectivity index is 1.61. The maximum Gasteiger partial charge on any atom is 0.0471 e. The SMILES string of the molecule is CCCCc1ccc(Nc2ccc(Nc3ccc(CCCC)cc3)c(-c3ccc(Br)cc3)c2-c2ccc(Br)cc2)cc1. The van der Waals surface area contributed by atoms with Crippen molar-refractivity contribution in [1.82, 2.24) is 0 Å². The van der Waals surface area contributed by atoms with E-state index in [0.717, 1.165) is 66.8 Å². The fraction of sp³-hybridized carbons (Fsp3) is 0.211. The molecule has 0 heterocycles. The quantitative estimate of drug-likeness (QED) is 0.137. The zero-order chi connectivity index (χ0) is 29.3. The summed E-state index contributed by atoms with van der Waals surface area (Å²) in [4.78, 5) is 0. The van der Waals surface area contributed by atoms with Gasteiger partial charge in [0.05, 0.1) is 0 Å². The van der Waals surface area contributed by atoms with Crippen molar-refractivity contribution >= 4 is 54.6 Å². The Labute approximate surface area is 267 Å². The third-order valence-corrected chi connectivity index (χ3v) is 8.63. The first-order valence-electron chi connectivity index (χ1n) is 14.9. The zero-order valence-electron chi connectivity index (χ0n) is 24.4. The standard InChI is InChI=1S/C38H38Br2N2/c1-3-5-7-27-9-21-33(22-10-27)41-35-25-26-36(42-34-23-11-28(12-24-34)8-6-4-2)38(30-15-19-32(40)20-16-30)37(35)29-13-17-31(39)18-14-29/h9-26,41-42H,3-8H2,1-2H3. The molecule has 0 bridgehead atoms. The third kappa shape index (κ3) is 7.73. The summed E-state index contributed by atoms with van der Waals surface area (Å²) in [5.41, 5.74) is 11.7. The lowest BCUT2D eigenvalue weighted by atomic mass is 9.91. The van der Waals surface area contributed by atoms with E-state index >= 15 is 0 Å². The molecule has 0 saturated carbocycles. The van der Waals surface area contributed by atoms with Crippen LogP contribution in [0.3, 0.4) is 0 Å². The highest BCUT2D eigenvalue weighted by Gasteiger charge is 2.18. The Kier molecular flexibility index (Phi) is 10.6. The van der Waals surface area contributed by atoms with E-state index in [1.807, 2.05) is 0 Å². The van der Waals surface area contributed by atoms with E-state index in [-0.39, 0.29) is 0 Å². The van der Waals surface area contributed by atoms with Crippen molar-refractivity contribution in [3.05, 3.63) is 129 Å². The summed E-state index contributed by atoms with van der Waals surface area (Å²) in [7, 11) is 0. The first-order chi connectivity index (χ1) is 20.5. The predicted molar refractivity (Wildman–Crippen MR) is 189 cm³/mol. The molecule has 0 aliphatic heterocycles. The van der Waals surface area contributed by atoms with E-state index in [9.17, 15) is 0 Å². The first kappa shape index (κ1) is 30.1. The summed E-state index contributed by atoms with van der Waals surface area (Å²) in [6.07, 6.45) is 7.08. The van der Waals surface area contributed by atoms with Gasteiger partial charge in [-0.1, -0.05) is 107 Å². The van der Waals surface area contributed by atoms with Crippen LogP contribution in [-0.4, -0.2) is 0 Å². The molecular formula is C38H38Br2N2. The minimum atomic E-state index is 1.06. The maximum atomic E-state index is 3.76. The van der Waals surface area contributed by atoms with Gasteiger partial charge in [-0.05, 0) is 109 Å². The normalized spacial score (nSPS) is 11.0. The van der Waals surface area contributed by atoms with Crippen LogP contribution >= 0.6 is 31.9 Å². The molecule has 0 unspecified atom stereocenters. The Morgan fingerprint density at radius 1 is 0.452 bits per heavy atom. The molecule has 0 atom stereocenters. The number of hydrogen-bond acceptors (Lipinski definition) is 2. The van der Waals surface area contributed by atoms with E-state index in [4.69, 9.17) is 0 Å². The molecule has 4 heteroatoms. The number of unbranched alkanes of at least 4 members (excludes halogenated alkanes) is 2. The van der Waals surface area contributed by atoms with Crippen LogP contribution in [0.1, 0.15) is 50.7 Å². The Morgan fingerprint density at radius 2 is 0.810 bits per heavy atom. The fourth-order valence-electron chi connectivity index (χ4n) is 5.23. The van der Waals surface area contributed by atoms with Gasteiger partial charge in [-0.3, -0.25) is 0 Å². The number of hydrogen-bond donors (Lipinski definition) is 2. The topological polar surface area (TPSA) is 24.1 Å². The summed E-state index contributed by atoms with van der Waals surface area (Å²) in [6.45, 7) is 4.48. The molecule has 0 radical (unpaired) electrons. The van der Waals surface area contributed by atoms with Crippen LogP contribution in [0.4, 0.5) is 22.7 Å². The first-order valence-corrected chi connectivity index (χ1v) is 16.5. The van der Waals surface area contributed by atoms with Crippen molar-refractivity contribution in [3.8, 4) is 22.3 Å². The van der Waals surface area contributed by atoms with Crippen LogP contribution in [0, 0.1) is 0 Å². The van der Waals surface area contributed by atoms with Crippen LogP contribution in [0.2, 0.25) is 0 Å². The molecule has 0 amide bonds. The minimum Gasteiger partial charge on any atom is -0.355 e. The average molecular weight is 683 g/mol. The van der Waals surface area contributed by atoms with Crippen molar-refractivity contribution in [3.63, 3.8) is 0 Å². The van der Waals surface area contributed by atoms with E-state index < -0.39 is 0 Å². The number of benzene rings is 5. The van der Waals surface area contributed by atoms with Gasteiger partial charge in [0.15, 0.2) is 0 Å². The zero-order valence-corrected chi connectivity index (χ0v) is 27.6. The number of anilines is 4. The van der Waals surface area contributed by atoms with E-state index in [1.54, 1.807) is 0 Å². The van der Waals surface area contributed by atoms with Crippen molar-refractivity contribution in [2.45, 2.75) is 52.4 Å². The van der Waals surface area contributed by atoms with Gasteiger partial charge in [0.1, 0.15) is 0 Å². The van der Waals surface area contributed by atoms with E-state index in [1.165, 1.54) is 36.8 Å². The molecule has 0 aliphatic carbocycles. The van der Waals surface area contributed by atoms with E-state index in [2.05, 4.69) is 166 Å². The summed E-state index contributed by atoms with van der Waals surface area (Å²) < 4.78 is 2.12. The van der Waals surface area contributed by atoms with Gasteiger partial charge in [-0.25, -0.2) is 0 Å². The molecule has 214 valence electrons. The van der Waals surface area contributed by atoms with Crippen LogP contribution in [-0.2, 0) is 12.8 Å². The lowest BCUT2D eigenvalue weighted by molar-refractivity contribution is 0.795. The summed E-state index contributed by atoms with van der Waals surface area (Å²) in [6, 6.07) is 39.4. The molecule has 0 aromatic heterocycles. The summed E-state index contributed by atoms with van der Waals surface area (Å²) in [5.74, 6) is 0. The van der Waals surface area contributed by atoms with E-state index in [0.29, 0.717) is 0 Å². The second kappa shape index (κ2) is 14.7. The van der Waals surface area contributed by atoms with Crippen molar-refractivity contribution < 1.29 is 0 Å². The molecule has 5 aromatic rings. The molecule has 0 spiro atoms. The minimum absolute atomic E-state index is 1.06. The van der Waals surface area contributed by atoms with Crippen LogP contribution in [0.5, 0.6) is 0 Å². The van der Waals surface area contributed by atoms with Crippen LogP contribution in [0.25, 0.3) is 22.3 Å². The molecule has 5 aromatic carbocycles. The van der Waals surface area contributed by atoms with Gasteiger partial charge < -0.3 is 10.6 Å². The molecule has 2 nitrogen and oxygen atoms in total. The number of halogens is 2. The summed E-state index contributed by atoms with van der Waals surface area (Å²) >= 11 is 7.27. The lowest BCUT2D eigenvalue weighted by Gasteiger charge is -2.22. The van der Waals surface area contributed by atoms with Gasteiger partial charge >= 0.3 is 0 Å². The Morgan fingerprint density at radius 3 is 1.14 bits per heavy atom. The highest BCUT2D eigenvalue weighted by Crippen LogP contribution is 2.45. The largest absolute Gasteiger partial charge is 0.355 e. The molecular weight excluding hydrogens is 644 g/mol. The average Bonchev–Trinajstić information content (AvgIpc) is 3.02. The monoisotopic (exact) mass is 680 g/mol. The van der Waals surface area contributed by atoms with Gasteiger partial charge in [-0.2, -0.15) is 0 Å². The number of aryl methyl sites for hydroxylation is 2. The molecule has 42 heavy (non-hydrogen) atoms. The lowest BCUT2D eigenvalue weighted by Crippen LogP contribution is -2.01. The number of nitrogens with one attached hydrogen (secondary N) is 2. The predicted octanol–water partition coefficient (Wildman–Crippen LogP) is 12.7. The highest BCUT2D eigenvalue weighted by molar-refractivity contribution is 9.10. The molecule has 0 fully saturated rings. The highest BCUT2D eigenvalue weighted by atomic mass is 79.9. The van der Waals surface area contributed by atoms with Crippen molar-refractivity contribution in [1.29, 1.82) is 0 Å². The fourth-order valence-corrected chi connectivity index (χ4v) is 5.75. The Bertz CT molecular complexity index is 1450. The van der Waals surface area contributed by atoms with Gasteiger partial charge in [0.2, 0.25) is 0 Å². The second-order valence-corrected chi connectivity index (χ2v) is 12.6. The maximum absolute atomic E-state index is 3.76. The number of rotatable bonds is 12. The molecule has 5 rings (SSSR count). The molecule has 0 aliphatic rings. The van der Waals surface area contributed by atoms with Crippen LogP contribution in [0.15, 0.2) is 118 Å². The van der Waals surface area contributed by atoms with Crippen molar-refractivity contribution in [2.75, 3.05) is 10.6 Å².